The highest BCUT2D eigenvalue weighted by Gasteiger charge is 2.21. The second-order valence-corrected chi connectivity index (χ2v) is 11.5. The van der Waals surface area contributed by atoms with Gasteiger partial charge in [0.15, 0.2) is 11.5 Å². The molecule has 0 amide bonds. The molecule has 0 heterocycles. The van der Waals surface area contributed by atoms with Gasteiger partial charge in [-0.1, -0.05) is 41.5 Å². The van der Waals surface area contributed by atoms with Crippen LogP contribution in [-0.2, 0) is 19.6 Å². The minimum absolute atomic E-state index is 0.117. The van der Waals surface area contributed by atoms with Gasteiger partial charge in [0.05, 0.1) is 6.26 Å². The summed E-state index contributed by atoms with van der Waals surface area (Å²) in [4.78, 5) is 11.8. The van der Waals surface area contributed by atoms with Crippen molar-refractivity contribution in [2.75, 3.05) is 12.8 Å². The van der Waals surface area contributed by atoms with Gasteiger partial charge in [-0.3, -0.25) is 9.35 Å². The van der Waals surface area contributed by atoms with Crippen molar-refractivity contribution >= 4 is 16.1 Å². The topological polar surface area (TPSA) is 111 Å². The summed E-state index contributed by atoms with van der Waals surface area (Å²) in [5.74, 6) is 2.20. The standard InChI is InChI=1S/C28H33NO4.CH4O3S/c1-19-7-12-23(13-8-19)32-25-16-11-22(27(31-21(3)30)18-29-28(4,5)6)17-26(25)33-24-14-9-20(2)10-15-24;1-5(2,3)4/h7-17,27,29H,18H2,1-6H3;1H3,(H,2,3,4). The van der Waals surface area contributed by atoms with Crippen molar-refractivity contribution in [3.63, 3.8) is 0 Å². The highest BCUT2D eigenvalue weighted by Crippen LogP contribution is 2.37. The van der Waals surface area contributed by atoms with Gasteiger partial charge in [0.25, 0.3) is 10.1 Å². The van der Waals surface area contributed by atoms with E-state index in [1.54, 1.807) is 0 Å². The molecule has 0 spiro atoms. The molecule has 0 fully saturated rings. The molecule has 3 aromatic carbocycles. The SMILES string of the molecule is CC(=O)OC(CNC(C)(C)C)c1ccc(Oc2ccc(C)cc2)c(Oc2ccc(C)cc2)c1.CS(=O)(=O)O. The summed E-state index contributed by atoms with van der Waals surface area (Å²) in [6.45, 7) is 12.2. The number of esters is 1. The molecule has 3 aromatic rings. The second kappa shape index (κ2) is 13.4. The van der Waals surface area contributed by atoms with Crippen LogP contribution in [0.15, 0.2) is 66.7 Å². The van der Waals surface area contributed by atoms with Crippen molar-refractivity contribution in [2.45, 2.75) is 53.2 Å². The minimum Gasteiger partial charge on any atom is -0.456 e. The van der Waals surface area contributed by atoms with Crippen LogP contribution in [0.1, 0.15) is 50.5 Å². The normalized spacial score (nSPS) is 12.1. The lowest BCUT2D eigenvalue weighted by molar-refractivity contribution is -0.146. The molecule has 206 valence electrons. The van der Waals surface area contributed by atoms with E-state index in [1.165, 1.54) is 6.92 Å². The van der Waals surface area contributed by atoms with E-state index in [1.807, 2.05) is 80.6 Å². The number of carbonyl (C=O) groups is 1. The first-order chi connectivity index (χ1) is 17.6. The molecule has 0 aromatic heterocycles. The van der Waals surface area contributed by atoms with Crippen molar-refractivity contribution in [3.05, 3.63) is 83.4 Å². The van der Waals surface area contributed by atoms with E-state index in [2.05, 4.69) is 26.1 Å². The lowest BCUT2D eigenvalue weighted by atomic mass is 10.1. The number of carbonyl (C=O) groups excluding carboxylic acids is 1. The highest BCUT2D eigenvalue weighted by molar-refractivity contribution is 7.85. The Morgan fingerprint density at radius 1 is 0.868 bits per heavy atom. The molecule has 0 bridgehead atoms. The molecule has 1 unspecified atom stereocenters. The number of hydrogen-bond acceptors (Lipinski definition) is 7. The van der Waals surface area contributed by atoms with E-state index >= 15 is 0 Å². The summed E-state index contributed by atoms with van der Waals surface area (Å²) in [6.07, 6.45) is 0.253. The van der Waals surface area contributed by atoms with E-state index in [0.29, 0.717) is 35.8 Å². The monoisotopic (exact) mass is 543 g/mol. The molecule has 0 aliphatic carbocycles. The Hall–Kier alpha value is -3.40. The molecule has 0 saturated heterocycles. The average Bonchev–Trinajstić information content (AvgIpc) is 2.79. The maximum atomic E-state index is 11.8. The summed E-state index contributed by atoms with van der Waals surface area (Å²) in [6, 6.07) is 21.3. The molecule has 0 aliphatic rings. The molecular weight excluding hydrogens is 506 g/mol. The zero-order chi connectivity index (χ0) is 28.5. The smallest absolute Gasteiger partial charge is 0.303 e. The van der Waals surface area contributed by atoms with Gasteiger partial charge in [-0.25, -0.2) is 0 Å². The van der Waals surface area contributed by atoms with Crippen molar-refractivity contribution in [2.24, 2.45) is 0 Å². The van der Waals surface area contributed by atoms with Crippen LogP contribution in [0.25, 0.3) is 0 Å². The molecule has 2 N–H and O–H groups in total. The molecule has 9 heteroatoms. The summed E-state index contributed by atoms with van der Waals surface area (Å²) >= 11 is 0. The fourth-order valence-electron chi connectivity index (χ4n) is 3.18. The first-order valence-corrected chi connectivity index (χ1v) is 13.9. The van der Waals surface area contributed by atoms with Gasteiger partial charge < -0.3 is 19.5 Å². The zero-order valence-electron chi connectivity index (χ0n) is 22.9. The van der Waals surface area contributed by atoms with Crippen LogP contribution in [0.4, 0.5) is 0 Å². The quantitative estimate of drug-likeness (QED) is 0.249. The summed E-state index contributed by atoms with van der Waals surface area (Å²) in [7, 11) is -3.67. The third-order valence-electron chi connectivity index (χ3n) is 4.96. The molecule has 38 heavy (non-hydrogen) atoms. The molecule has 0 saturated carbocycles. The average molecular weight is 544 g/mol. The number of hydrogen-bond donors (Lipinski definition) is 2. The van der Waals surface area contributed by atoms with Gasteiger partial charge in [0, 0.05) is 19.0 Å². The number of rotatable bonds is 8. The molecule has 3 rings (SSSR count). The number of nitrogens with one attached hydrogen (secondary N) is 1. The Labute approximate surface area is 225 Å². The number of benzene rings is 3. The van der Waals surface area contributed by atoms with Crippen LogP contribution >= 0.6 is 0 Å². The largest absolute Gasteiger partial charge is 0.456 e. The van der Waals surface area contributed by atoms with Gasteiger partial charge in [0.2, 0.25) is 0 Å². The van der Waals surface area contributed by atoms with Crippen LogP contribution in [0.2, 0.25) is 0 Å². The Kier molecular flexibility index (Phi) is 10.9. The van der Waals surface area contributed by atoms with Crippen LogP contribution in [0, 0.1) is 13.8 Å². The van der Waals surface area contributed by atoms with E-state index < -0.39 is 16.2 Å². The number of aryl methyl sites for hydroxylation is 2. The molecular formula is C29H37NO7S. The van der Waals surface area contributed by atoms with Gasteiger partial charge in [-0.15, -0.1) is 0 Å². The van der Waals surface area contributed by atoms with E-state index in [-0.39, 0.29) is 11.5 Å². The zero-order valence-corrected chi connectivity index (χ0v) is 23.8. The Morgan fingerprint density at radius 3 is 1.74 bits per heavy atom. The fraction of sp³-hybridized carbons (Fsp3) is 0.345. The molecule has 0 radical (unpaired) electrons. The minimum atomic E-state index is -3.67. The predicted octanol–water partition coefficient (Wildman–Crippen LogP) is 6.38. The van der Waals surface area contributed by atoms with E-state index in [9.17, 15) is 13.2 Å². The van der Waals surface area contributed by atoms with Crippen molar-refractivity contribution < 1.29 is 32.0 Å². The maximum Gasteiger partial charge on any atom is 0.303 e. The third kappa shape index (κ3) is 12.2. The summed E-state index contributed by atoms with van der Waals surface area (Å²) in [5, 5.41) is 3.41. The summed E-state index contributed by atoms with van der Waals surface area (Å²) < 4.78 is 43.9. The van der Waals surface area contributed by atoms with E-state index in [0.717, 1.165) is 16.7 Å². The number of ether oxygens (including phenoxy) is 3. The summed E-state index contributed by atoms with van der Waals surface area (Å²) in [5.41, 5.74) is 3.01. The Bertz CT molecular complexity index is 1290. The van der Waals surface area contributed by atoms with Crippen LogP contribution in [0.3, 0.4) is 0 Å². The van der Waals surface area contributed by atoms with Gasteiger partial charge in [-0.05, 0) is 76.6 Å². The highest BCUT2D eigenvalue weighted by atomic mass is 32.2. The van der Waals surface area contributed by atoms with Crippen LogP contribution < -0.4 is 14.8 Å². The lowest BCUT2D eigenvalue weighted by Gasteiger charge is -2.26. The van der Waals surface area contributed by atoms with Gasteiger partial charge >= 0.3 is 5.97 Å². The third-order valence-corrected chi connectivity index (χ3v) is 4.96. The molecule has 1 atom stereocenters. The first kappa shape index (κ1) is 30.8. The van der Waals surface area contributed by atoms with Crippen molar-refractivity contribution in [3.8, 4) is 23.0 Å². The van der Waals surface area contributed by atoms with Gasteiger partial charge in [0.1, 0.15) is 17.6 Å². The predicted molar refractivity (Wildman–Crippen MR) is 149 cm³/mol. The first-order valence-electron chi connectivity index (χ1n) is 12.1. The fourth-order valence-corrected chi connectivity index (χ4v) is 3.18. The van der Waals surface area contributed by atoms with Gasteiger partial charge in [-0.2, -0.15) is 8.42 Å². The van der Waals surface area contributed by atoms with Crippen molar-refractivity contribution in [1.29, 1.82) is 0 Å². The molecule has 8 nitrogen and oxygen atoms in total. The van der Waals surface area contributed by atoms with Crippen LogP contribution in [0.5, 0.6) is 23.0 Å². The van der Waals surface area contributed by atoms with E-state index in [4.69, 9.17) is 18.8 Å². The maximum absolute atomic E-state index is 11.8. The van der Waals surface area contributed by atoms with Crippen molar-refractivity contribution in [1.82, 2.24) is 5.32 Å². The lowest BCUT2D eigenvalue weighted by Crippen LogP contribution is -2.39. The van der Waals surface area contributed by atoms with Crippen LogP contribution in [-0.4, -0.2) is 37.3 Å². The Morgan fingerprint density at radius 2 is 1.32 bits per heavy atom. The molecule has 0 aliphatic heterocycles. The second-order valence-electron chi connectivity index (χ2n) is 10.00. The Balaban J connectivity index is 0.000000926.